The molecule has 28 heavy (non-hydrogen) atoms. The maximum Gasteiger partial charge on any atom is 0.274 e. The molecule has 0 aliphatic heterocycles. The topological polar surface area (TPSA) is 76.7 Å². The Balaban J connectivity index is 1.44. The Labute approximate surface area is 163 Å². The van der Waals surface area contributed by atoms with E-state index >= 15 is 0 Å². The third-order valence-corrected chi connectivity index (χ3v) is 3.90. The average molecular weight is 376 g/mol. The fraction of sp³-hybridized carbons (Fsp3) is 0.0909. The number of rotatable bonds is 8. The first-order chi connectivity index (χ1) is 13.7. The molecular formula is C22H20N2O4. The summed E-state index contributed by atoms with van der Waals surface area (Å²) in [5, 5.41) is 0. The minimum absolute atomic E-state index is 0.270. The van der Waals surface area contributed by atoms with E-state index in [0.29, 0.717) is 11.1 Å². The zero-order chi connectivity index (χ0) is 19.6. The Hall–Kier alpha value is -3.48. The van der Waals surface area contributed by atoms with E-state index in [4.69, 9.17) is 9.68 Å². The predicted molar refractivity (Wildman–Crippen MR) is 104 cm³/mol. The molecule has 0 aliphatic rings. The molecule has 0 aliphatic carbocycles. The van der Waals surface area contributed by atoms with Gasteiger partial charge in [-0.15, -0.1) is 0 Å². The van der Waals surface area contributed by atoms with Gasteiger partial charge in [-0.1, -0.05) is 60.7 Å². The summed E-state index contributed by atoms with van der Waals surface area (Å²) in [6.07, 6.45) is 0. The van der Waals surface area contributed by atoms with Crippen LogP contribution in [0.3, 0.4) is 0 Å². The fourth-order valence-corrected chi connectivity index (χ4v) is 2.41. The SMILES string of the molecule is O=C(NOCc1ccccc1)c1ccc(C(=O)NOCc2ccccc2)cc1. The molecule has 0 saturated carbocycles. The van der Waals surface area contributed by atoms with E-state index in [-0.39, 0.29) is 25.0 Å². The van der Waals surface area contributed by atoms with Crippen LogP contribution in [0, 0.1) is 0 Å². The van der Waals surface area contributed by atoms with Crippen LogP contribution in [0.15, 0.2) is 84.9 Å². The lowest BCUT2D eigenvalue weighted by Gasteiger charge is -2.08. The van der Waals surface area contributed by atoms with E-state index < -0.39 is 0 Å². The molecule has 142 valence electrons. The maximum atomic E-state index is 12.1. The first kappa shape index (κ1) is 19.3. The lowest BCUT2D eigenvalue weighted by atomic mass is 10.1. The van der Waals surface area contributed by atoms with E-state index in [1.807, 2.05) is 60.7 Å². The van der Waals surface area contributed by atoms with Crippen LogP contribution in [0.4, 0.5) is 0 Å². The second-order valence-electron chi connectivity index (χ2n) is 5.99. The monoisotopic (exact) mass is 376 g/mol. The van der Waals surface area contributed by atoms with Crippen LogP contribution in [0.2, 0.25) is 0 Å². The molecular weight excluding hydrogens is 356 g/mol. The fourth-order valence-electron chi connectivity index (χ4n) is 2.41. The lowest BCUT2D eigenvalue weighted by molar-refractivity contribution is 0.0228. The zero-order valence-corrected chi connectivity index (χ0v) is 15.1. The number of amides is 2. The van der Waals surface area contributed by atoms with Gasteiger partial charge in [-0.2, -0.15) is 0 Å². The number of nitrogens with one attached hydrogen (secondary N) is 2. The molecule has 3 aromatic rings. The van der Waals surface area contributed by atoms with Crippen LogP contribution in [-0.2, 0) is 22.9 Å². The van der Waals surface area contributed by atoms with Gasteiger partial charge in [0.25, 0.3) is 11.8 Å². The van der Waals surface area contributed by atoms with E-state index in [0.717, 1.165) is 11.1 Å². The van der Waals surface area contributed by atoms with Gasteiger partial charge in [0.05, 0.1) is 13.2 Å². The van der Waals surface area contributed by atoms with Crippen molar-refractivity contribution in [3.8, 4) is 0 Å². The molecule has 0 atom stereocenters. The summed E-state index contributed by atoms with van der Waals surface area (Å²) in [7, 11) is 0. The van der Waals surface area contributed by atoms with Crippen molar-refractivity contribution in [1.82, 2.24) is 11.0 Å². The summed E-state index contributed by atoms with van der Waals surface area (Å²) in [6.45, 7) is 0.539. The van der Waals surface area contributed by atoms with Crippen LogP contribution in [0.25, 0.3) is 0 Å². The predicted octanol–water partition coefficient (Wildman–Crippen LogP) is 3.41. The van der Waals surface area contributed by atoms with Gasteiger partial charge in [-0.3, -0.25) is 19.3 Å². The van der Waals surface area contributed by atoms with Crippen molar-refractivity contribution >= 4 is 11.8 Å². The first-order valence-corrected chi connectivity index (χ1v) is 8.74. The van der Waals surface area contributed by atoms with Crippen LogP contribution >= 0.6 is 0 Å². The molecule has 2 N–H and O–H groups in total. The molecule has 0 spiro atoms. The molecule has 6 heteroatoms. The van der Waals surface area contributed by atoms with Gasteiger partial charge in [-0.05, 0) is 35.4 Å². The normalized spacial score (nSPS) is 10.3. The van der Waals surface area contributed by atoms with Gasteiger partial charge in [0.2, 0.25) is 0 Å². The van der Waals surface area contributed by atoms with E-state index in [1.54, 1.807) is 24.3 Å². The minimum Gasteiger partial charge on any atom is -0.269 e. The number of hydroxylamine groups is 2. The first-order valence-electron chi connectivity index (χ1n) is 8.74. The van der Waals surface area contributed by atoms with Gasteiger partial charge >= 0.3 is 0 Å². The van der Waals surface area contributed by atoms with Crippen LogP contribution in [0.5, 0.6) is 0 Å². The maximum absolute atomic E-state index is 12.1. The van der Waals surface area contributed by atoms with Gasteiger partial charge in [-0.25, -0.2) is 11.0 Å². The van der Waals surface area contributed by atoms with Crippen LogP contribution < -0.4 is 11.0 Å². The van der Waals surface area contributed by atoms with Crippen molar-refractivity contribution in [3.63, 3.8) is 0 Å². The lowest BCUT2D eigenvalue weighted by Crippen LogP contribution is -2.25. The second-order valence-corrected chi connectivity index (χ2v) is 5.99. The quantitative estimate of drug-likeness (QED) is 0.591. The smallest absolute Gasteiger partial charge is 0.269 e. The molecule has 0 unspecified atom stereocenters. The standard InChI is InChI=1S/C22H20N2O4/c25-21(23-27-15-17-7-3-1-4-8-17)19-11-13-20(14-12-19)22(26)24-28-16-18-9-5-2-6-10-18/h1-14H,15-16H2,(H,23,25)(H,24,26). The average Bonchev–Trinajstić information content (AvgIpc) is 2.75. The molecule has 0 aromatic heterocycles. The molecule has 0 bridgehead atoms. The van der Waals surface area contributed by atoms with Crippen molar-refractivity contribution < 1.29 is 19.3 Å². The summed E-state index contributed by atoms with van der Waals surface area (Å²) in [4.78, 5) is 34.6. The summed E-state index contributed by atoms with van der Waals surface area (Å²) in [6, 6.07) is 25.2. The van der Waals surface area contributed by atoms with Gasteiger partial charge in [0, 0.05) is 11.1 Å². The number of carbonyl (C=O) groups excluding carboxylic acids is 2. The van der Waals surface area contributed by atoms with Gasteiger partial charge in [0.1, 0.15) is 0 Å². The van der Waals surface area contributed by atoms with E-state index in [9.17, 15) is 9.59 Å². The molecule has 6 nitrogen and oxygen atoms in total. The van der Waals surface area contributed by atoms with Crippen molar-refractivity contribution in [2.75, 3.05) is 0 Å². The Morgan fingerprint density at radius 2 is 0.929 bits per heavy atom. The molecule has 0 saturated heterocycles. The van der Waals surface area contributed by atoms with Crippen LogP contribution in [-0.4, -0.2) is 11.8 Å². The highest BCUT2D eigenvalue weighted by Crippen LogP contribution is 2.06. The summed E-state index contributed by atoms with van der Waals surface area (Å²) in [5.74, 6) is -0.772. The van der Waals surface area contributed by atoms with Crippen molar-refractivity contribution in [2.45, 2.75) is 13.2 Å². The third-order valence-electron chi connectivity index (χ3n) is 3.90. The molecule has 0 radical (unpaired) electrons. The second kappa shape index (κ2) is 10.0. The zero-order valence-electron chi connectivity index (χ0n) is 15.1. The number of benzene rings is 3. The highest BCUT2D eigenvalue weighted by atomic mass is 16.7. The van der Waals surface area contributed by atoms with Crippen LogP contribution in [0.1, 0.15) is 31.8 Å². The number of hydrogen-bond acceptors (Lipinski definition) is 4. The summed E-state index contributed by atoms with van der Waals surface area (Å²) in [5.41, 5.74) is 7.44. The van der Waals surface area contributed by atoms with Gasteiger partial charge in [0.15, 0.2) is 0 Å². The number of hydrogen-bond donors (Lipinski definition) is 2. The Kier molecular flexibility index (Phi) is 6.89. The highest BCUT2D eigenvalue weighted by molar-refractivity contribution is 5.97. The largest absolute Gasteiger partial charge is 0.274 e. The van der Waals surface area contributed by atoms with E-state index in [2.05, 4.69) is 11.0 Å². The highest BCUT2D eigenvalue weighted by Gasteiger charge is 2.09. The number of carbonyl (C=O) groups is 2. The summed E-state index contributed by atoms with van der Waals surface area (Å²) < 4.78 is 0. The Morgan fingerprint density at radius 3 is 1.29 bits per heavy atom. The molecule has 0 fully saturated rings. The third kappa shape index (κ3) is 5.77. The minimum atomic E-state index is -0.386. The molecule has 2 amide bonds. The summed E-state index contributed by atoms with van der Waals surface area (Å²) >= 11 is 0. The van der Waals surface area contributed by atoms with Gasteiger partial charge < -0.3 is 0 Å². The Bertz CT molecular complexity index is 820. The molecule has 0 heterocycles. The van der Waals surface area contributed by atoms with Crippen molar-refractivity contribution in [1.29, 1.82) is 0 Å². The van der Waals surface area contributed by atoms with E-state index in [1.165, 1.54) is 0 Å². The Morgan fingerprint density at radius 1 is 0.571 bits per heavy atom. The van der Waals surface area contributed by atoms with Crippen molar-refractivity contribution in [2.24, 2.45) is 0 Å². The molecule has 3 rings (SSSR count). The molecule has 3 aromatic carbocycles. The van der Waals surface area contributed by atoms with Crippen molar-refractivity contribution in [3.05, 3.63) is 107 Å².